The highest BCUT2D eigenvalue weighted by molar-refractivity contribution is 7.98. The molecule has 7 rings (SSSR count). The van der Waals surface area contributed by atoms with Crippen molar-refractivity contribution < 1.29 is 24.1 Å². The molecule has 2 aromatic heterocycles. The van der Waals surface area contributed by atoms with Crippen molar-refractivity contribution in [3.8, 4) is 0 Å². The number of aromatic nitrogens is 2. The van der Waals surface area contributed by atoms with Crippen molar-refractivity contribution in [3.05, 3.63) is 124 Å². The number of hydrogen-bond donors (Lipinski definition) is 1. The second-order valence-electron chi connectivity index (χ2n) is 10.8. The van der Waals surface area contributed by atoms with Crippen LogP contribution in [0.3, 0.4) is 0 Å². The maximum Gasteiger partial charge on any atom is 0.234 e. The highest BCUT2D eigenvalue weighted by Gasteiger charge is 2.70. The summed E-state index contributed by atoms with van der Waals surface area (Å²) in [5.41, 5.74) is 3.76. The smallest absolute Gasteiger partial charge is 0.234 e. The van der Waals surface area contributed by atoms with Crippen LogP contribution in [0.1, 0.15) is 21.6 Å². The van der Waals surface area contributed by atoms with Gasteiger partial charge in [-0.2, -0.15) is 0 Å². The average molecular weight is 613 g/mol. The molecule has 1 N–H and O–H groups in total. The molecule has 2 aliphatic rings. The lowest BCUT2D eigenvalue weighted by Crippen LogP contribution is -2.55. The average Bonchev–Trinajstić information content (AvgIpc) is 3.53. The molecule has 1 saturated heterocycles. The van der Waals surface area contributed by atoms with E-state index >= 15 is 0 Å². The summed E-state index contributed by atoms with van der Waals surface area (Å²) in [4.78, 5) is 9.60. The van der Waals surface area contributed by atoms with Crippen LogP contribution in [0.4, 0.5) is 0 Å². The number of ether oxygens (including phenoxy) is 4. The molecule has 1 aliphatic heterocycles. The second-order valence-corrected chi connectivity index (χ2v) is 12.5. The molecule has 3 heterocycles. The molecule has 43 heavy (non-hydrogen) atoms. The summed E-state index contributed by atoms with van der Waals surface area (Å²) >= 11 is 2.95. The number of rotatable bonds is 11. The van der Waals surface area contributed by atoms with Gasteiger partial charge in [0.2, 0.25) is 5.79 Å². The summed E-state index contributed by atoms with van der Waals surface area (Å²) in [6.45, 7) is 1.09. The molecular formula is C34H32N2O5S2. The number of thiophene rings is 1. The summed E-state index contributed by atoms with van der Waals surface area (Å²) < 4.78 is 26.3. The number of fused-ring (bicyclic) bond motifs is 2. The van der Waals surface area contributed by atoms with Gasteiger partial charge in [-0.1, -0.05) is 91.0 Å². The summed E-state index contributed by atoms with van der Waals surface area (Å²) in [6, 6.07) is 30.1. The fourth-order valence-electron chi connectivity index (χ4n) is 5.84. The van der Waals surface area contributed by atoms with E-state index in [9.17, 15) is 5.11 Å². The Morgan fingerprint density at radius 3 is 1.93 bits per heavy atom. The molecule has 3 aromatic carbocycles. The van der Waals surface area contributed by atoms with Crippen molar-refractivity contribution in [2.45, 2.75) is 55.0 Å². The first-order valence-electron chi connectivity index (χ1n) is 14.3. The van der Waals surface area contributed by atoms with Gasteiger partial charge in [-0.05, 0) is 22.9 Å². The molecule has 0 spiro atoms. The second kappa shape index (κ2) is 12.5. The highest BCUT2D eigenvalue weighted by Crippen LogP contribution is 2.56. The largest absolute Gasteiger partial charge is 0.370 e. The Morgan fingerprint density at radius 2 is 1.35 bits per heavy atom. The van der Waals surface area contributed by atoms with Crippen LogP contribution in [0.15, 0.2) is 108 Å². The van der Waals surface area contributed by atoms with Crippen LogP contribution in [0.2, 0.25) is 0 Å². The predicted molar refractivity (Wildman–Crippen MR) is 167 cm³/mol. The molecule has 5 aromatic rings. The Labute approximate surface area is 258 Å². The van der Waals surface area contributed by atoms with Crippen LogP contribution >= 0.6 is 23.1 Å². The molecule has 7 nitrogen and oxygen atoms in total. The van der Waals surface area contributed by atoms with Crippen LogP contribution in [0.25, 0.3) is 10.9 Å². The number of hydrogen-bond acceptors (Lipinski definition) is 9. The Hall–Kier alpha value is -3.15. The third kappa shape index (κ3) is 5.74. The van der Waals surface area contributed by atoms with Gasteiger partial charge in [-0.25, -0.2) is 9.97 Å². The third-order valence-electron chi connectivity index (χ3n) is 8.04. The molecule has 2 fully saturated rings. The zero-order valence-electron chi connectivity index (χ0n) is 23.6. The summed E-state index contributed by atoms with van der Waals surface area (Å²) in [7, 11) is 0. The molecule has 1 saturated carbocycles. The minimum absolute atomic E-state index is 0.115. The van der Waals surface area contributed by atoms with E-state index in [1.807, 2.05) is 103 Å². The first-order valence-corrected chi connectivity index (χ1v) is 16.4. The zero-order valence-corrected chi connectivity index (χ0v) is 25.2. The first kappa shape index (κ1) is 28.6. The Kier molecular flexibility index (Phi) is 8.29. The molecule has 9 heteroatoms. The van der Waals surface area contributed by atoms with E-state index in [1.165, 1.54) is 17.7 Å². The van der Waals surface area contributed by atoms with E-state index in [2.05, 4.69) is 9.97 Å². The van der Waals surface area contributed by atoms with Crippen LogP contribution in [-0.4, -0.2) is 45.7 Å². The molecule has 0 bridgehead atoms. The van der Waals surface area contributed by atoms with Crippen molar-refractivity contribution in [2.75, 3.05) is 6.26 Å². The lowest BCUT2D eigenvalue weighted by Gasteiger charge is -2.42. The van der Waals surface area contributed by atoms with Crippen molar-refractivity contribution >= 4 is 34.0 Å². The van der Waals surface area contributed by atoms with E-state index in [-0.39, 0.29) is 24.7 Å². The van der Waals surface area contributed by atoms with Gasteiger partial charge in [0.05, 0.1) is 48.5 Å². The Bertz CT molecular complexity index is 1660. The van der Waals surface area contributed by atoms with Gasteiger partial charge >= 0.3 is 0 Å². The lowest BCUT2D eigenvalue weighted by atomic mass is 9.95. The summed E-state index contributed by atoms with van der Waals surface area (Å²) in [5, 5.41) is 16.4. The maximum atomic E-state index is 12.7. The third-order valence-corrected chi connectivity index (χ3v) is 9.83. The number of benzene rings is 3. The van der Waals surface area contributed by atoms with Crippen LogP contribution in [0.5, 0.6) is 0 Å². The van der Waals surface area contributed by atoms with Crippen molar-refractivity contribution in [2.24, 2.45) is 5.92 Å². The van der Waals surface area contributed by atoms with Crippen molar-refractivity contribution in [3.63, 3.8) is 0 Å². The SMILES string of the molecule is CSc1ncnc2c(C3(O)OC4C(OCc5ccccc5)C4C(OCc4ccccc4)C3OCc3ccccc3)scc12. The van der Waals surface area contributed by atoms with Gasteiger partial charge in [-0.3, -0.25) is 0 Å². The maximum absolute atomic E-state index is 12.7. The molecule has 0 radical (unpaired) electrons. The number of nitrogens with zero attached hydrogens (tertiary/aromatic N) is 2. The quantitative estimate of drug-likeness (QED) is 0.137. The highest BCUT2D eigenvalue weighted by atomic mass is 32.2. The summed E-state index contributed by atoms with van der Waals surface area (Å²) in [6.07, 6.45) is 1.52. The monoisotopic (exact) mass is 612 g/mol. The minimum Gasteiger partial charge on any atom is -0.370 e. The van der Waals surface area contributed by atoms with Crippen molar-refractivity contribution in [1.82, 2.24) is 9.97 Å². The van der Waals surface area contributed by atoms with Crippen LogP contribution in [0, 0.1) is 5.92 Å². The van der Waals surface area contributed by atoms with Gasteiger partial charge < -0.3 is 24.1 Å². The van der Waals surface area contributed by atoms with E-state index < -0.39 is 18.0 Å². The van der Waals surface area contributed by atoms with Crippen LogP contribution in [-0.2, 0) is 44.6 Å². The van der Waals surface area contributed by atoms with Gasteiger partial charge in [0.1, 0.15) is 17.5 Å². The standard InChI is InChI=1S/C34H32N2O5S2/c1-42-33-25-20-43-32(27(25)35-21-36-33)34(37)31(40-19-24-15-9-4-10-16-24)30(39-18-23-13-7-3-8-14-23)26-28(29(26)41-34)38-17-22-11-5-2-6-12-22/h2-16,20-21,26,28-31,37H,17-19H2,1H3. The fraction of sp³-hybridized carbons (Fsp3) is 0.294. The minimum atomic E-state index is -1.82. The summed E-state index contributed by atoms with van der Waals surface area (Å²) in [5.74, 6) is -1.94. The fourth-order valence-corrected chi connectivity index (χ4v) is 7.51. The Morgan fingerprint density at radius 1 is 0.791 bits per heavy atom. The van der Waals surface area contributed by atoms with Crippen molar-refractivity contribution in [1.29, 1.82) is 0 Å². The lowest BCUT2D eigenvalue weighted by molar-refractivity contribution is -0.329. The van der Waals surface area contributed by atoms with Gasteiger partial charge in [-0.15, -0.1) is 23.1 Å². The van der Waals surface area contributed by atoms with E-state index in [1.54, 1.807) is 11.8 Å². The van der Waals surface area contributed by atoms with E-state index in [0.29, 0.717) is 23.6 Å². The zero-order chi connectivity index (χ0) is 29.2. The van der Waals surface area contributed by atoms with Crippen LogP contribution < -0.4 is 0 Å². The topological polar surface area (TPSA) is 82.9 Å². The van der Waals surface area contributed by atoms with Gasteiger partial charge in [0.15, 0.2) is 0 Å². The number of aliphatic hydroxyl groups is 1. The number of thioether (sulfide) groups is 1. The molecule has 0 amide bonds. The van der Waals surface area contributed by atoms with Gasteiger partial charge in [0, 0.05) is 16.7 Å². The first-order chi connectivity index (χ1) is 21.2. The normalized spacial score (nSPS) is 26.3. The molecule has 6 unspecified atom stereocenters. The van der Waals surface area contributed by atoms with E-state index in [0.717, 1.165) is 27.1 Å². The van der Waals surface area contributed by atoms with E-state index in [4.69, 9.17) is 18.9 Å². The molecule has 1 aliphatic carbocycles. The molecular weight excluding hydrogens is 581 g/mol. The molecule has 6 atom stereocenters. The van der Waals surface area contributed by atoms with Gasteiger partial charge in [0.25, 0.3) is 0 Å². The molecule has 220 valence electrons. The predicted octanol–water partition coefficient (Wildman–Crippen LogP) is 6.34. The Balaban J connectivity index is 1.26.